The molecule has 4 saturated carbocycles. The zero-order valence-electron chi connectivity index (χ0n) is 29.1. The van der Waals surface area contributed by atoms with E-state index < -0.39 is 0 Å². The second-order valence-corrected chi connectivity index (χ2v) is 15.4. The van der Waals surface area contributed by atoms with E-state index in [1.54, 1.807) is 5.56 Å². The summed E-state index contributed by atoms with van der Waals surface area (Å²) in [7, 11) is 0. The van der Waals surface area contributed by atoms with Crippen LogP contribution in [0.3, 0.4) is 0 Å². The van der Waals surface area contributed by atoms with E-state index in [0.29, 0.717) is 29.3 Å². The topological polar surface area (TPSA) is 38.7 Å². The molecule has 5 aliphatic rings. The molecule has 0 saturated heterocycles. The molecule has 0 amide bonds. The molecule has 0 radical (unpaired) electrons. The van der Waals surface area contributed by atoms with Crippen LogP contribution in [0, 0.1) is 23.7 Å². The normalized spacial score (nSPS) is 24.8. The van der Waals surface area contributed by atoms with Crippen LogP contribution in [0.25, 0.3) is 55.8 Å². The summed E-state index contributed by atoms with van der Waals surface area (Å²) >= 11 is 0. The summed E-state index contributed by atoms with van der Waals surface area (Å²) in [5.41, 5.74) is 10.9. The first-order valence-electron chi connectivity index (χ1n) is 18.7. The van der Waals surface area contributed by atoms with Crippen molar-refractivity contribution < 1.29 is 0 Å². The molecular formula is C48H41N3. The van der Waals surface area contributed by atoms with Crippen LogP contribution in [0.4, 0.5) is 0 Å². The maximum Gasteiger partial charge on any atom is 0.164 e. The maximum absolute atomic E-state index is 5.20. The van der Waals surface area contributed by atoms with Crippen LogP contribution in [0.2, 0.25) is 0 Å². The van der Waals surface area contributed by atoms with Crippen molar-refractivity contribution in [3.63, 3.8) is 0 Å². The van der Waals surface area contributed by atoms with Gasteiger partial charge in [0.15, 0.2) is 17.5 Å². The zero-order chi connectivity index (χ0) is 34.1. The summed E-state index contributed by atoms with van der Waals surface area (Å²) in [6.45, 7) is 6.73. The van der Waals surface area contributed by atoms with Gasteiger partial charge in [0.2, 0.25) is 0 Å². The second-order valence-electron chi connectivity index (χ2n) is 15.4. The molecule has 5 aliphatic carbocycles. The third kappa shape index (κ3) is 4.74. The van der Waals surface area contributed by atoms with E-state index in [1.165, 1.54) is 65.1 Å². The molecule has 4 fully saturated rings. The zero-order valence-corrected chi connectivity index (χ0v) is 29.1. The summed E-state index contributed by atoms with van der Waals surface area (Å²) in [4.78, 5) is 15.4. The average Bonchev–Trinajstić information content (AvgIpc) is 3.47. The van der Waals surface area contributed by atoms with E-state index in [9.17, 15) is 0 Å². The molecule has 1 aromatic heterocycles. The fourth-order valence-electron chi connectivity index (χ4n) is 10.8. The predicted molar refractivity (Wildman–Crippen MR) is 210 cm³/mol. The Morgan fingerprint density at radius 3 is 1.94 bits per heavy atom. The van der Waals surface area contributed by atoms with Gasteiger partial charge in [0.05, 0.1) is 0 Å². The van der Waals surface area contributed by atoms with Crippen molar-refractivity contribution >= 4 is 21.9 Å². The van der Waals surface area contributed by atoms with Crippen LogP contribution in [0.1, 0.15) is 56.0 Å². The van der Waals surface area contributed by atoms with E-state index in [2.05, 4.69) is 129 Å². The van der Waals surface area contributed by atoms with E-state index in [1.807, 2.05) is 18.2 Å². The van der Waals surface area contributed by atoms with Gasteiger partial charge >= 0.3 is 0 Å². The van der Waals surface area contributed by atoms with Gasteiger partial charge in [0, 0.05) is 16.5 Å². The van der Waals surface area contributed by atoms with Crippen molar-refractivity contribution in [3.8, 4) is 33.9 Å². The second kappa shape index (κ2) is 11.8. The lowest BCUT2D eigenvalue weighted by Crippen LogP contribution is -2.55. The molecule has 0 unspecified atom stereocenters. The Bertz CT molecular complexity index is 2370. The number of nitrogens with zero attached hydrogens (tertiary/aromatic N) is 3. The minimum absolute atomic E-state index is 0.00875. The SMILES string of the molecule is C=CC1=C(/C=C(\C)c2nc(-c3ccccc3)nc(-c3cccc(-c4ccccc4)c3)n2)c2ccc3ccccc3c2C12C1CC3CC(C1)CC2C3. The molecule has 1 spiro atoms. The van der Waals surface area contributed by atoms with E-state index in [-0.39, 0.29) is 5.41 Å². The number of hydrogen-bond acceptors (Lipinski definition) is 3. The number of fused-ring (bicyclic) bond motifs is 3. The van der Waals surface area contributed by atoms with Gasteiger partial charge in [0.1, 0.15) is 0 Å². The smallest absolute Gasteiger partial charge is 0.164 e. The molecule has 3 heteroatoms. The van der Waals surface area contributed by atoms with Crippen molar-refractivity contribution in [2.45, 2.75) is 44.4 Å². The molecule has 0 N–H and O–H groups in total. The van der Waals surface area contributed by atoms with Crippen LogP contribution in [0.15, 0.2) is 146 Å². The van der Waals surface area contributed by atoms with Crippen molar-refractivity contribution in [1.82, 2.24) is 15.0 Å². The van der Waals surface area contributed by atoms with Crippen LogP contribution < -0.4 is 0 Å². The summed E-state index contributed by atoms with van der Waals surface area (Å²) in [5, 5.41) is 2.75. The number of aromatic nitrogens is 3. The monoisotopic (exact) mass is 659 g/mol. The summed E-state index contributed by atoms with van der Waals surface area (Å²) in [6.07, 6.45) is 11.4. The molecule has 3 nitrogen and oxygen atoms in total. The van der Waals surface area contributed by atoms with Crippen molar-refractivity contribution in [1.29, 1.82) is 0 Å². The fraction of sp³-hybridized carbons (Fsp3) is 0.229. The van der Waals surface area contributed by atoms with E-state index in [4.69, 9.17) is 15.0 Å². The average molecular weight is 660 g/mol. The molecule has 248 valence electrons. The van der Waals surface area contributed by atoms with E-state index >= 15 is 0 Å². The quantitative estimate of drug-likeness (QED) is 0.179. The van der Waals surface area contributed by atoms with Gasteiger partial charge < -0.3 is 0 Å². The minimum atomic E-state index is 0.00875. The molecule has 0 atom stereocenters. The van der Waals surface area contributed by atoms with Gasteiger partial charge in [-0.2, -0.15) is 0 Å². The summed E-state index contributed by atoms with van der Waals surface area (Å²) in [5.74, 6) is 5.13. The van der Waals surface area contributed by atoms with Gasteiger partial charge in [-0.05, 0) is 125 Å². The van der Waals surface area contributed by atoms with Crippen molar-refractivity contribution in [3.05, 3.63) is 163 Å². The third-order valence-corrected chi connectivity index (χ3v) is 12.6. The lowest BCUT2D eigenvalue weighted by molar-refractivity contribution is -0.0400. The van der Waals surface area contributed by atoms with Crippen molar-refractivity contribution in [2.24, 2.45) is 23.7 Å². The molecule has 6 aromatic rings. The minimum Gasteiger partial charge on any atom is -0.209 e. The van der Waals surface area contributed by atoms with Crippen LogP contribution in [0.5, 0.6) is 0 Å². The predicted octanol–water partition coefficient (Wildman–Crippen LogP) is 11.8. The van der Waals surface area contributed by atoms with Crippen LogP contribution in [-0.4, -0.2) is 15.0 Å². The van der Waals surface area contributed by atoms with E-state index in [0.717, 1.165) is 34.1 Å². The Labute approximate surface area is 300 Å². The van der Waals surface area contributed by atoms with Gasteiger partial charge in [-0.25, -0.2) is 15.0 Å². The Balaban J connectivity index is 1.16. The first-order valence-corrected chi connectivity index (χ1v) is 18.7. The highest BCUT2D eigenvalue weighted by molar-refractivity contribution is 6.01. The van der Waals surface area contributed by atoms with Crippen LogP contribution in [-0.2, 0) is 5.41 Å². The number of benzene rings is 5. The first-order chi connectivity index (χ1) is 25.1. The summed E-state index contributed by atoms with van der Waals surface area (Å²) < 4.78 is 0. The Morgan fingerprint density at radius 1 is 0.627 bits per heavy atom. The molecule has 5 aromatic carbocycles. The summed E-state index contributed by atoms with van der Waals surface area (Å²) in [6, 6.07) is 43.1. The van der Waals surface area contributed by atoms with Gasteiger partial charge in [-0.3, -0.25) is 0 Å². The lowest BCUT2D eigenvalue weighted by atomic mass is 9.42. The highest BCUT2D eigenvalue weighted by Crippen LogP contribution is 2.70. The van der Waals surface area contributed by atoms with Gasteiger partial charge in [-0.1, -0.05) is 128 Å². The highest BCUT2D eigenvalue weighted by atomic mass is 15.0. The highest BCUT2D eigenvalue weighted by Gasteiger charge is 2.62. The number of allylic oxidation sites excluding steroid dienone is 5. The fourth-order valence-corrected chi connectivity index (χ4v) is 10.8. The largest absolute Gasteiger partial charge is 0.209 e. The molecule has 11 rings (SSSR count). The maximum atomic E-state index is 5.20. The Hall–Kier alpha value is -5.41. The molecule has 51 heavy (non-hydrogen) atoms. The molecule has 0 aliphatic heterocycles. The number of rotatable bonds is 6. The molecular weight excluding hydrogens is 619 g/mol. The Morgan fingerprint density at radius 2 is 1.24 bits per heavy atom. The third-order valence-electron chi connectivity index (χ3n) is 12.6. The molecule has 4 bridgehead atoms. The first kappa shape index (κ1) is 30.4. The van der Waals surface area contributed by atoms with Crippen molar-refractivity contribution in [2.75, 3.05) is 0 Å². The Kier molecular flexibility index (Phi) is 7.06. The van der Waals surface area contributed by atoms with Gasteiger partial charge in [-0.15, -0.1) is 0 Å². The molecule has 1 heterocycles. The van der Waals surface area contributed by atoms with Gasteiger partial charge in [0.25, 0.3) is 0 Å². The lowest BCUT2D eigenvalue weighted by Gasteiger charge is -2.61. The standard InChI is InChI=1S/C48H41N3/c1-3-43-42(41-22-21-34-15-10-11-20-40(34)44(41)48(43)38-25-31-24-32(27-38)28-39(48)26-31)23-30(2)45-49-46(35-16-8-5-9-17-35)51-47(50-45)37-19-12-18-36(29-37)33-13-6-4-7-14-33/h3-23,29,31-32,38-39H,1,24-28H2,2H3/b30-23+. The number of hydrogen-bond donors (Lipinski definition) is 0. The van der Waals surface area contributed by atoms with Crippen LogP contribution >= 0.6 is 0 Å².